The van der Waals surface area contributed by atoms with E-state index in [-0.39, 0.29) is 5.75 Å². The first-order valence-electron chi connectivity index (χ1n) is 11.0. The van der Waals surface area contributed by atoms with Crippen LogP contribution in [0.4, 0.5) is 0 Å². The van der Waals surface area contributed by atoms with Crippen molar-refractivity contribution in [3.05, 3.63) is 101 Å². The summed E-state index contributed by atoms with van der Waals surface area (Å²) in [6, 6.07) is 17.3. The molecule has 33 heavy (non-hydrogen) atoms. The first kappa shape index (κ1) is 20.1. The number of allylic oxidation sites excluding steroid dienone is 1. The van der Waals surface area contributed by atoms with Crippen LogP contribution in [0.5, 0.6) is 0 Å². The van der Waals surface area contributed by atoms with Crippen LogP contribution in [-0.2, 0) is 28.6 Å². The van der Waals surface area contributed by atoms with Crippen molar-refractivity contribution >= 4 is 15.4 Å². The highest BCUT2D eigenvalue weighted by Gasteiger charge is 2.31. The summed E-state index contributed by atoms with van der Waals surface area (Å²) in [7, 11) is -3.43. The largest absolute Gasteiger partial charge is 0.310 e. The van der Waals surface area contributed by atoms with E-state index in [9.17, 15) is 8.42 Å². The van der Waals surface area contributed by atoms with Crippen molar-refractivity contribution in [3.8, 4) is 11.4 Å². The van der Waals surface area contributed by atoms with Crippen molar-refractivity contribution < 1.29 is 8.42 Å². The van der Waals surface area contributed by atoms with Gasteiger partial charge in [0.2, 0.25) is 0 Å². The molecule has 0 amide bonds. The third-order valence-corrected chi connectivity index (χ3v) is 8.16. The SMILES string of the molecule is Cc1cncc(-c2nnc3n2CC/C(=C2/c4ccccc4CS(=O)(=O)c4ccccc42)C3)c1. The number of sulfone groups is 1. The topological polar surface area (TPSA) is 77.7 Å². The number of rotatable bonds is 1. The van der Waals surface area contributed by atoms with Gasteiger partial charge in [0.25, 0.3) is 0 Å². The number of hydrogen-bond acceptors (Lipinski definition) is 5. The van der Waals surface area contributed by atoms with E-state index in [0.29, 0.717) is 11.3 Å². The standard InChI is InChI=1S/C26H22N4O2S/c1-17-12-20(15-27-14-17)26-29-28-24-13-18(10-11-30(24)26)25-21-7-3-2-6-19(21)16-33(31,32)23-9-5-4-8-22(23)25/h2-9,12,14-15H,10-11,13,16H2,1H3/b25-18+. The fraction of sp³-hybridized carbons (Fsp3) is 0.192. The third-order valence-electron chi connectivity index (χ3n) is 6.45. The molecule has 6 rings (SSSR count). The molecule has 0 unspecified atom stereocenters. The number of pyridine rings is 1. The van der Waals surface area contributed by atoms with E-state index in [0.717, 1.165) is 58.0 Å². The van der Waals surface area contributed by atoms with Crippen molar-refractivity contribution in [2.45, 2.75) is 37.0 Å². The van der Waals surface area contributed by atoms with Crippen LogP contribution in [0.2, 0.25) is 0 Å². The van der Waals surface area contributed by atoms with E-state index < -0.39 is 9.84 Å². The van der Waals surface area contributed by atoms with Crippen LogP contribution in [0.3, 0.4) is 0 Å². The Hall–Kier alpha value is -3.58. The maximum Gasteiger partial charge on any atom is 0.183 e. The number of nitrogens with zero attached hydrogens (tertiary/aromatic N) is 4. The number of fused-ring (bicyclic) bond motifs is 3. The van der Waals surface area contributed by atoms with Crippen LogP contribution in [0.1, 0.15) is 34.5 Å². The summed E-state index contributed by atoms with van der Waals surface area (Å²) in [5, 5.41) is 8.98. The second kappa shape index (κ2) is 7.49. The molecule has 4 heterocycles. The summed E-state index contributed by atoms with van der Waals surface area (Å²) < 4.78 is 28.6. The second-order valence-electron chi connectivity index (χ2n) is 8.66. The zero-order valence-electron chi connectivity index (χ0n) is 18.2. The Morgan fingerprint density at radius 3 is 2.58 bits per heavy atom. The summed E-state index contributed by atoms with van der Waals surface area (Å²) in [6.45, 7) is 2.75. The smallest absolute Gasteiger partial charge is 0.183 e. The van der Waals surface area contributed by atoms with Gasteiger partial charge in [0.05, 0.1) is 10.6 Å². The molecule has 4 aromatic rings. The zero-order chi connectivity index (χ0) is 22.6. The Morgan fingerprint density at radius 2 is 1.73 bits per heavy atom. The van der Waals surface area contributed by atoms with Gasteiger partial charge in [-0.25, -0.2) is 8.42 Å². The average molecular weight is 455 g/mol. The zero-order valence-corrected chi connectivity index (χ0v) is 19.0. The summed E-state index contributed by atoms with van der Waals surface area (Å²) >= 11 is 0. The van der Waals surface area contributed by atoms with E-state index in [4.69, 9.17) is 0 Å². The lowest BCUT2D eigenvalue weighted by molar-refractivity contribution is 0.595. The Balaban J connectivity index is 1.53. The molecule has 2 aromatic heterocycles. The van der Waals surface area contributed by atoms with Gasteiger partial charge in [0.1, 0.15) is 5.82 Å². The molecule has 0 bridgehead atoms. The Labute approximate surface area is 192 Å². The maximum absolute atomic E-state index is 13.2. The molecule has 0 spiro atoms. The minimum atomic E-state index is -3.43. The van der Waals surface area contributed by atoms with Gasteiger partial charge in [-0.3, -0.25) is 4.98 Å². The number of benzene rings is 2. The molecule has 2 aromatic carbocycles. The van der Waals surface area contributed by atoms with E-state index in [1.807, 2.05) is 55.7 Å². The third kappa shape index (κ3) is 3.31. The molecule has 0 saturated heterocycles. The highest BCUT2D eigenvalue weighted by atomic mass is 32.2. The summed E-state index contributed by atoms with van der Waals surface area (Å²) in [4.78, 5) is 4.71. The average Bonchev–Trinajstić information content (AvgIpc) is 3.20. The van der Waals surface area contributed by atoms with Gasteiger partial charge in [0, 0.05) is 36.5 Å². The van der Waals surface area contributed by atoms with Crippen LogP contribution >= 0.6 is 0 Å². The van der Waals surface area contributed by atoms with Gasteiger partial charge in [-0.1, -0.05) is 48.0 Å². The van der Waals surface area contributed by atoms with E-state index in [1.54, 1.807) is 12.1 Å². The monoisotopic (exact) mass is 454 g/mol. The fourth-order valence-electron chi connectivity index (χ4n) is 4.97. The van der Waals surface area contributed by atoms with Gasteiger partial charge < -0.3 is 4.57 Å². The predicted octanol–water partition coefficient (Wildman–Crippen LogP) is 4.38. The molecule has 0 atom stereocenters. The van der Waals surface area contributed by atoms with Crippen LogP contribution in [0, 0.1) is 6.92 Å². The van der Waals surface area contributed by atoms with E-state index in [2.05, 4.69) is 25.8 Å². The van der Waals surface area contributed by atoms with Crippen LogP contribution in [-0.4, -0.2) is 28.2 Å². The van der Waals surface area contributed by atoms with Gasteiger partial charge in [-0.2, -0.15) is 0 Å². The van der Waals surface area contributed by atoms with E-state index >= 15 is 0 Å². The molecular weight excluding hydrogens is 432 g/mol. The molecule has 2 aliphatic heterocycles. The summed E-state index contributed by atoms with van der Waals surface area (Å²) in [5.74, 6) is 1.73. The highest BCUT2D eigenvalue weighted by molar-refractivity contribution is 7.90. The predicted molar refractivity (Wildman–Crippen MR) is 126 cm³/mol. The first-order valence-corrected chi connectivity index (χ1v) is 12.6. The van der Waals surface area contributed by atoms with Crippen LogP contribution < -0.4 is 0 Å². The van der Waals surface area contributed by atoms with Crippen molar-refractivity contribution in [1.29, 1.82) is 0 Å². The lowest BCUT2D eigenvalue weighted by Gasteiger charge is -2.23. The minimum Gasteiger partial charge on any atom is -0.310 e. The molecule has 0 fully saturated rings. The first-order chi connectivity index (χ1) is 16.0. The fourth-order valence-corrected chi connectivity index (χ4v) is 6.58. The molecular formula is C26H22N4O2S. The van der Waals surface area contributed by atoms with Gasteiger partial charge in [0.15, 0.2) is 15.7 Å². The molecule has 0 aliphatic carbocycles. The van der Waals surface area contributed by atoms with Crippen LogP contribution in [0.25, 0.3) is 17.0 Å². The normalized spacial score (nSPS) is 18.7. The lowest BCUT2D eigenvalue weighted by atomic mass is 9.87. The van der Waals surface area contributed by atoms with Gasteiger partial charge in [-0.15, -0.1) is 10.2 Å². The van der Waals surface area contributed by atoms with Crippen molar-refractivity contribution in [2.75, 3.05) is 0 Å². The van der Waals surface area contributed by atoms with Crippen molar-refractivity contribution in [2.24, 2.45) is 0 Å². The Morgan fingerprint density at radius 1 is 0.939 bits per heavy atom. The second-order valence-corrected chi connectivity index (χ2v) is 10.6. The van der Waals surface area contributed by atoms with Gasteiger partial charge >= 0.3 is 0 Å². The van der Waals surface area contributed by atoms with Crippen molar-refractivity contribution in [3.63, 3.8) is 0 Å². The molecule has 164 valence electrons. The van der Waals surface area contributed by atoms with Gasteiger partial charge in [-0.05, 0) is 47.7 Å². The molecule has 0 N–H and O–H groups in total. The highest BCUT2D eigenvalue weighted by Crippen LogP contribution is 2.41. The molecule has 0 radical (unpaired) electrons. The molecule has 6 nitrogen and oxygen atoms in total. The number of hydrogen-bond donors (Lipinski definition) is 0. The maximum atomic E-state index is 13.2. The van der Waals surface area contributed by atoms with E-state index in [1.165, 1.54) is 5.57 Å². The summed E-state index contributed by atoms with van der Waals surface area (Å²) in [5.41, 5.74) is 6.88. The molecule has 0 saturated carbocycles. The van der Waals surface area contributed by atoms with Crippen LogP contribution in [0.15, 0.2) is 77.5 Å². The number of aromatic nitrogens is 4. The number of aryl methyl sites for hydroxylation is 1. The lowest BCUT2D eigenvalue weighted by Crippen LogP contribution is -2.16. The minimum absolute atomic E-state index is 0.0116. The Bertz CT molecular complexity index is 1550. The Kier molecular flexibility index (Phi) is 4.55. The van der Waals surface area contributed by atoms with Crippen molar-refractivity contribution in [1.82, 2.24) is 19.7 Å². The molecule has 2 aliphatic rings. The summed E-state index contributed by atoms with van der Waals surface area (Å²) in [6.07, 6.45) is 5.08. The quantitative estimate of drug-likeness (QED) is 0.426. The molecule has 7 heteroatoms.